The molecule has 122 valence electrons. The van der Waals surface area contributed by atoms with Gasteiger partial charge < -0.3 is 14.9 Å². The van der Waals surface area contributed by atoms with Crippen LogP contribution in [0.3, 0.4) is 0 Å². The second kappa shape index (κ2) is 6.68. The molecular weight excluding hydrogens is 286 g/mol. The molecule has 1 unspecified atom stereocenters. The SMILES string of the molecule is CC(C)N(C(=O)OC(C)(C)C)C(C(=O)O)c1ccccc1O. The minimum Gasteiger partial charge on any atom is -0.508 e. The first kappa shape index (κ1) is 17.8. The van der Waals surface area contributed by atoms with Gasteiger partial charge in [0.25, 0.3) is 0 Å². The zero-order valence-electron chi connectivity index (χ0n) is 13.5. The summed E-state index contributed by atoms with van der Waals surface area (Å²) in [5.41, 5.74) is -0.596. The summed E-state index contributed by atoms with van der Waals surface area (Å²) in [4.78, 5) is 25.2. The van der Waals surface area contributed by atoms with Crippen LogP contribution in [0, 0.1) is 0 Å². The van der Waals surface area contributed by atoms with Gasteiger partial charge in [-0.3, -0.25) is 4.90 Å². The van der Waals surface area contributed by atoms with E-state index in [0.29, 0.717) is 0 Å². The van der Waals surface area contributed by atoms with Gasteiger partial charge in [-0.1, -0.05) is 18.2 Å². The average molecular weight is 309 g/mol. The molecule has 0 aromatic heterocycles. The Morgan fingerprint density at radius 1 is 1.18 bits per heavy atom. The quantitative estimate of drug-likeness (QED) is 0.892. The van der Waals surface area contributed by atoms with Crippen molar-refractivity contribution in [1.82, 2.24) is 4.90 Å². The largest absolute Gasteiger partial charge is 0.508 e. The highest BCUT2D eigenvalue weighted by atomic mass is 16.6. The Labute approximate surface area is 130 Å². The number of phenolic OH excluding ortho intramolecular Hbond substituents is 1. The van der Waals surface area contributed by atoms with Gasteiger partial charge in [0.2, 0.25) is 0 Å². The first-order chi connectivity index (χ1) is 10.0. The van der Waals surface area contributed by atoms with Gasteiger partial charge in [0.1, 0.15) is 11.4 Å². The molecule has 0 aliphatic carbocycles. The zero-order valence-corrected chi connectivity index (χ0v) is 13.5. The van der Waals surface area contributed by atoms with Crippen molar-refractivity contribution in [2.45, 2.75) is 52.3 Å². The lowest BCUT2D eigenvalue weighted by atomic mass is 10.0. The summed E-state index contributed by atoms with van der Waals surface area (Å²) in [5.74, 6) is -1.41. The van der Waals surface area contributed by atoms with Crippen molar-refractivity contribution in [3.8, 4) is 5.75 Å². The van der Waals surface area contributed by atoms with E-state index >= 15 is 0 Å². The molecule has 0 spiro atoms. The van der Waals surface area contributed by atoms with Crippen molar-refractivity contribution >= 4 is 12.1 Å². The molecule has 22 heavy (non-hydrogen) atoms. The maximum atomic E-state index is 12.4. The summed E-state index contributed by atoms with van der Waals surface area (Å²) < 4.78 is 5.30. The number of aromatic hydroxyl groups is 1. The molecule has 6 heteroatoms. The molecule has 0 aliphatic heterocycles. The maximum absolute atomic E-state index is 12.4. The van der Waals surface area contributed by atoms with E-state index in [1.54, 1.807) is 46.8 Å². The summed E-state index contributed by atoms with van der Waals surface area (Å²) in [6.07, 6.45) is -0.738. The Hall–Kier alpha value is -2.24. The molecule has 6 nitrogen and oxygen atoms in total. The zero-order chi connectivity index (χ0) is 17.1. The highest BCUT2D eigenvalue weighted by molar-refractivity contribution is 5.82. The van der Waals surface area contributed by atoms with Crippen LogP contribution >= 0.6 is 0 Å². The fraction of sp³-hybridized carbons (Fsp3) is 0.500. The van der Waals surface area contributed by atoms with Crippen LogP contribution in [0.25, 0.3) is 0 Å². The number of carbonyl (C=O) groups is 2. The Morgan fingerprint density at radius 3 is 2.14 bits per heavy atom. The lowest BCUT2D eigenvalue weighted by Crippen LogP contribution is -2.45. The smallest absolute Gasteiger partial charge is 0.411 e. The summed E-state index contributed by atoms with van der Waals surface area (Å²) >= 11 is 0. The van der Waals surface area contributed by atoms with Crippen molar-refractivity contribution < 1.29 is 24.5 Å². The van der Waals surface area contributed by atoms with Gasteiger partial charge in [-0.2, -0.15) is 0 Å². The average Bonchev–Trinajstić information content (AvgIpc) is 2.33. The van der Waals surface area contributed by atoms with E-state index in [4.69, 9.17) is 4.74 Å². The maximum Gasteiger partial charge on any atom is 0.411 e. The Bertz CT molecular complexity index is 548. The normalized spacial score (nSPS) is 12.8. The number of phenols is 1. The first-order valence-electron chi connectivity index (χ1n) is 7.06. The lowest BCUT2D eigenvalue weighted by molar-refractivity contribution is -0.144. The Morgan fingerprint density at radius 2 is 1.73 bits per heavy atom. The third-order valence-electron chi connectivity index (χ3n) is 2.90. The standard InChI is InChI=1S/C16H23NO5/c1-10(2)17(15(21)22-16(3,4)5)13(14(19)20)11-8-6-7-9-12(11)18/h6-10,13,18H,1-5H3,(H,19,20). The van der Waals surface area contributed by atoms with Gasteiger partial charge in [0.15, 0.2) is 6.04 Å². The number of aliphatic carboxylic acids is 1. The highest BCUT2D eigenvalue weighted by Crippen LogP contribution is 2.31. The molecular formula is C16H23NO5. The predicted octanol–water partition coefficient (Wildman–Crippen LogP) is 3.16. The molecule has 0 saturated carbocycles. The fourth-order valence-corrected chi connectivity index (χ4v) is 2.05. The number of ether oxygens (including phenoxy) is 1. The summed E-state index contributed by atoms with van der Waals surface area (Å²) in [6.45, 7) is 8.51. The Balaban J connectivity index is 3.28. The van der Waals surface area contributed by atoms with Gasteiger partial charge in [0, 0.05) is 11.6 Å². The van der Waals surface area contributed by atoms with E-state index in [0.717, 1.165) is 4.90 Å². The van der Waals surface area contributed by atoms with Gasteiger partial charge in [-0.15, -0.1) is 0 Å². The molecule has 0 bridgehead atoms. The second-order valence-electron chi connectivity index (χ2n) is 6.28. The third-order valence-corrected chi connectivity index (χ3v) is 2.90. The summed E-state index contributed by atoms with van der Waals surface area (Å²) in [7, 11) is 0. The number of carboxylic acids is 1. The van der Waals surface area contributed by atoms with Crippen LogP contribution in [0.4, 0.5) is 4.79 Å². The first-order valence-corrected chi connectivity index (χ1v) is 7.06. The van der Waals surface area contributed by atoms with Crippen LogP contribution in [0.5, 0.6) is 5.75 Å². The number of nitrogens with zero attached hydrogens (tertiary/aromatic N) is 1. The minimum absolute atomic E-state index is 0.148. The van der Waals surface area contributed by atoms with Crippen LogP contribution in [0.2, 0.25) is 0 Å². The van der Waals surface area contributed by atoms with E-state index in [-0.39, 0.29) is 11.3 Å². The van der Waals surface area contributed by atoms with Crippen LogP contribution in [0.1, 0.15) is 46.2 Å². The van der Waals surface area contributed by atoms with Crippen molar-refractivity contribution in [1.29, 1.82) is 0 Å². The van der Waals surface area contributed by atoms with Crippen LogP contribution in [0.15, 0.2) is 24.3 Å². The van der Waals surface area contributed by atoms with Crippen molar-refractivity contribution in [2.75, 3.05) is 0 Å². The minimum atomic E-state index is -1.32. The molecule has 0 aliphatic rings. The van der Waals surface area contributed by atoms with Crippen molar-refractivity contribution in [2.24, 2.45) is 0 Å². The fourth-order valence-electron chi connectivity index (χ4n) is 2.05. The number of hydrogen-bond donors (Lipinski definition) is 2. The molecule has 1 atom stereocenters. The molecule has 1 rings (SSSR count). The topological polar surface area (TPSA) is 87.1 Å². The Kier molecular flexibility index (Phi) is 5.41. The van der Waals surface area contributed by atoms with E-state index in [1.165, 1.54) is 12.1 Å². The highest BCUT2D eigenvalue weighted by Gasteiger charge is 2.37. The van der Waals surface area contributed by atoms with E-state index in [9.17, 15) is 19.8 Å². The van der Waals surface area contributed by atoms with Crippen molar-refractivity contribution in [3.05, 3.63) is 29.8 Å². The number of carboxylic acid groups (broad SMARTS) is 1. The van der Waals surface area contributed by atoms with Crippen LogP contribution in [-0.4, -0.2) is 38.8 Å². The van der Waals surface area contributed by atoms with Gasteiger partial charge in [0.05, 0.1) is 0 Å². The monoisotopic (exact) mass is 309 g/mol. The van der Waals surface area contributed by atoms with Crippen molar-refractivity contribution in [3.63, 3.8) is 0 Å². The van der Waals surface area contributed by atoms with E-state index < -0.39 is 29.7 Å². The summed E-state index contributed by atoms with van der Waals surface area (Å²) in [6, 6.07) is 4.32. The number of rotatable bonds is 4. The number of hydrogen-bond acceptors (Lipinski definition) is 4. The number of amides is 1. The molecule has 0 fully saturated rings. The molecule has 2 N–H and O–H groups in total. The third kappa shape index (κ3) is 4.38. The number of para-hydroxylation sites is 1. The molecule has 0 saturated heterocycles. The number of carbonyl (C=O) groups excluding carboxylic acids is 1. The van der Waals surface area contributed by atoms with Gasteiger partial charge >= 0.3 is 12.1 Å². The molecule has 0 radical (unpaired) electrons. The van der Waals surface area contributed by atoms with E-state index in [1.807, 2.05) is 0 Å². The molecule has 0 heterocycles. The van der Waals surface area contributed by atoms with Crippen LogP contribution < -0.4 is 0 Å². The summed E-state index contributed by atoms with van der Waals surface area (Å²) in [5, 5.41) is 19.5. The molecule has 1 aromatic carbocycles. The van der Waals surface area contributed by atoms with Crippen LogP contribution in [-0.2, 0) is 9.53 Å². The lowest BCUT2D eigenvalue weighted by Gasteiger charge is -2.34. The molecule has 1 amide bonds. The molecule has 1 aromatic rings. The predicted molar refractivity (Wildman–Crippen MR) is 81.7 cm³/mol. The number of benzene rings is 1. The second-order valence-corrected chi connectivity index (χ2v) is 6.28. The van der Waals surface area contributed by atoms with Gasteiger partial charge in [-0.05, 0) is 40.7 Å². The van der Waals surface area contributed by atoms with E-state index in [2.05, 4.69) is 0 Å². The van der Waals surface area contributed by atoms with Gasteiger partial charge in [-0.25, -0.2) is 9.59 Å².